The number of piperazine rings is 1. The maximum Gasteiger partial charge on any atom is 0.289 e. The van der Waals surface area contributed by atoms with Gasteiger partial charge in [-0.15, -0.1) is 0 Å². The van der Waals surface area contributed by atoms with Gasteiger partial charge in [-0.2, -0.15) is 8.78 Å². The molecule has 2 N–H and O–H groups in total. The molecule has 1 aromatic rings. The summed E-state index contributed by atoms with van der Waals surface area (Å²) in [5.41, 5.74) is 0.780. The number of carbonyl (C=O) groups is 1. The number of fused-ring (bicyclic) bond motifs is 1. The topological polar surface area (TPSA) is 81.2 Å². The molecule has 3 atom stereocenters. The van der Waals surface area contributed by atoms with E-state index in [0.29, 0.717) is 31.9 Å². The van der Waals surface area contributed by atoms with Crippen LogP contribution in [0.25, 0.3) is 0 Å². The number of alkyl halides is 2. The van der Waals surface area contributed by atoms with Crippen LogP contribution in [0.2, 0.25) is 0 Å². The molecule has 4 rings (SSSR count). The van der Waals surface area contributed by atoms with Crippen LogP contribution in [0.4, 0.5) is 14.5 Å². The van der Waals surface area contributed by atoms with Crippen molar-refractivity contribution < 1.29 is 23.4 Å². The first kappa shape index (κ1) is 28.3. The first-order valence-corrected chi connectivity index (χ1v) is 13.6. The van der Waals surface area contributed by atoms with E-state index in [1.165, 1.54) is 12.3 Å². The Balaban J connectivity index is 1.48. The predicted octanol–water partition coefficient (Wildman–Crippen LogP) is 2.34. The summed E-state index contributed by atoms with van der Waals surface area (Å²) in [6.07, 6.45) is 2.49. The Hall–Kier alpha value is -1.72. The Bertz CT molecular complexity index is 947. The SMILES string of the molecule is CCCC(F)(F)c1cc2c(cn1)C(C)(C)CN2C(=O)CN1CC(C)NCC1CCN1CCOCC1CO. The smallest absolute Gasteiger partial charge is 0.289 e. The van der Waals surface area contributed by atoms with Crippen LogP contribution < -0.4 is 10.2 Å². The summed E-state index contributed by atoms with van der Waals surface area (Å²) >= 11 is 0. The largest absolute Gasteiger partial charge is 0.395 e. The van der Waals surface area contributed by atoms with Crippen LogP contribution in [-0.2, 0) is 20.9 Å². The summed E-state index contributed by atoms with van der Waals surface area (Å²) in [5.74, 6) is -3.09. The van der Waals surface area contributed by atoms with E-state index in [2.05, 4.69) is 27.0 Å². The molecule has 0 aromatic carbocycles. The van der Waals surface area contributed by atoms with E-state index in [-0.39, 0.29) is 54.7 Å². The lowest BCUT2D eigenvalue weighted by molar-refractivity contribution is -0.120. The molecule has 8 nitrogen and oxygen atoms in total. The number of rotatable bonds is 9. The van der Waals surface area contributed by atoms with Gasteiger partial charge in [0.2, 0.25) is 5.91 Å². The van der Waals surface area contributed by atoms with E-state index in [1.54, 1.807) is 11.8 Å². The molecule has 3 aliphatic rings. The molecule has 1 aromatic heterocycles. The minimum absolute atomic E-state index is 0.0104. The number of carbonyl (C=O) groups excluding carboxylic acids is 1. The summed E-state index contributed by atoms with van der Waals surface area (Å²) in [7, 11) is 0. The Kier molecular flexibility index (Phi) is 8.85. The lowest BCUT2D eigenvalue weighted by Gasteiger charge is -2.41. The Morgan fingerprint density at radius 1 is 1.32 bits per heavy atom. The molecule has 0 bridgehead atoms. The molecule has 0 spiro atoms. The van der Waals surface area contributed by atoms with E-state index in [0.717, 1.165) is 38.2 Å². The van der Waals surface area contributed by atoms with Crippen LogP contribution in [-0.4, -0.2) is 103 Å². The standard InChI is InChI=1S/C27H43F2N5O3/c1-5-7-27(28,29)24-11-23-22(13-31-24)26(3,4)18-34(23)25(36)15-33-14-19(2)30-12-20(33)6-8-32-9-10-37-17-21(32)16-35/h11,13,19-21,30,35H,5-10,12,14-18H2,1-4H3. The third-order valence-corrected chi connectivity index (χ3v) is 8.07. The number of amides is 1. The van der Waals surface area contributed by atoms with Gasteiger partial charge in [-0.1, -0.05) is 27.2 Å². The number of hydrogen-bond donors (Lipinski definition) is 2. The van der Waals surface area contributed by atoms with Crippen molar-refractivity contribution in [1.82, 2.24) is 20.1 Å². The third-order valence-electron chi connectivity index (χ3n) is 8.07. The third kappa shape index (κ3) is 6.30. The molecule has 2 saturated heterocycles. The van der Waals surface area contributed by atoms with Gasteiger partial charge in [-0.05, 0) is 19.4 Å². The Labute approximate surface area is 219 Å². The molecule has 0 saturated carbocycles. The number of hydrogen-bond acceptors (Lipinski definition) is 7. The minimum Gasteiger partial charge on any atom is -0.395 e. The summed E-state index contributed by atoms with van der Waals surface area (Å²) in [6, 6.07) is 1.86. The number of anilines is 1. The highest BCUT2D eigenvalue weighted by Gasteiger charge is 2.42. The number of aliphatic hydroxyl groups is 1. The zero-order chi connectivity index (χ0) is 26.8. The second-order valence-corrected chi connectivity index (χ2v) is 11.5. The van der Waals surface area contributed by atoms with Crippen molar-refractivity contribution in [2.45, 2.75) is 76.4 Å². The lowest BCUT2D eigenvalue weighted by Crippen LogP contribution is -2.59. The molecule has 0 radical (unpaired) electrons. The van der Waals surface area contributed by atoms with Crippen LogP contribution in [0, 0.1) is 0 Å². The predicted molar refractivity (Wildman–Crippen MR) is 139 cm³/mol. The number of aromatic nitrogens is 1. The van der Waals surface area contributed by atoms with E-state index in [9.17, 15) is 18.7 Å². The van der Waals surface area contributed by atoms with Crippen LogP contribution in [0.5, 0.6) is 0 Å². The Morgan fingerprint density at radius 3 is 2.84 bits per heavy atom. The summed E-state index contributed by atoms with van der Waals surface area (Å²) in [6.45, 7) is 13.0. The van der Waals surface area contributed by atoms with Crippen LogP contribution >= 0.6 is 0 Å². The quantitative estimate of drug-likeness (QED) is 0.514. The van der Waals surface area contributed by atoms with Crippen molar-refractivity contribution in [3.05, 3.63) is 23.5 Å². The highest BCUT2D eigenvalue weighted by atomic mass is 19.3. The summed E-state index contributed by atoms with van der Waals surface area (Å²) < 4.78 is 34.9. The first-order chi connectivity index (χ1) is 17.6. The minimum atomic E-state index is -3.02. The van der Waals surface area contributed by atoms with Gasteiger partial charge in [0.15, 0.2) is 0 Å². The highest BCUT2D eigenvalue weighted by Crippen LogP contribution is 2.43. The number of aliphatic hydroxyl groups excluding tert-OH is 1. The van der Waals surface area contributed by atoms with Crippen molar-refractivity contribution in [1.29, 1.82) is 0 Å². The fourth-order valence-electron chi connectivity index (χ4n) is 5.86. The molecule has 1 amide bonds. The van der Waals surface area contributed by atoms with Gasteiger partial charge in [0.05, 0.1) is 38.1 Å². The van der Waals surface area contributed by atoms with Gasteiger partial charge in [0, 0.05) is 68.4 Å². The molecule has 3 unspecified atom stereocenters. The molecule has 10 heteroatoms. The second-order valence-electron chi connectivity index (χ2n) is 11.5. The van der Waals surface area contributed by atoms with Gasteiger partial charge < -0.3 is 20.1 Å². The molecular weight excluding hydrogens is 480 g/mol. The number of nitrogens with one attached hydrogen (secondary N) is 1. The number of ether oxygens (including phenoxy) is 1. The second kappa shape index (κ2) is 11.6. The maximum absolute atomic E-state index is 14.7. The van der Waals surface area contributed by atoms with Crippen LogP contribution in [0.3, 0.4) is 0 Å². The van der Waals surface area contributed by atoms with Gasteiger partial charge in [-0.3, -0.25) is 19.6 Å². The summed E-state index contributed by atoms with van der Waals surface area (Å²) in [5, 5.41) is 13.2. The summed E-state index contributed by atoms with van der Waals surface area (Å²) in [4.78, 5) is 24.0. The van der Waals surface area contributed by atoms with Gasteiger partial charge in [0.25, 0.3) is 5.92 Å². The number of halogens is 2. The molecule has 3 aliphatic heterocycles. The highest BCUT2D eigenvalue weighted by molar-refractivity contribution is 5.97. The fourth-order valence-corrected chi connectivity index (χ4v) is 5.86. The maximum atomic E-state index is 14.7. The molecule has 0 aliphatic carbocycles. The first-order valence-electron chi connectivity index (χ1n) is 13.6. The molecule has 37 heavy (non-hydrogen) atoms. The van der Waals surface area contributed by atoms with E-state index >= 15 is 0 Å². The molecular formula is C27H43F2N5O3. The number of pyridine rings is 1. The van der Waals surface area contributed by atoms with E-state index in [1.807, 2.05) is 13.8 Å². The van der Waals surface area contributed by atoms with E-state index < -0.39 is 5.92 Å². The van der Waals surface area contributed by atoms with Crippen molar-refractivity contribution in [3.8, 4) is 0 Å². The fraction of sp³-hybridized carbons (Fsp3) is 0.778. The van der Waals surface area contributed by atoms with Gasteiger partial charge in [-0.25, -0.2) is 0 Å². The lowest BCUT2D eigenvalue weighted by atomic mass is 9.88. The van der Waals surface area contributed by atoms with Crippen LogP contribution in [0.15, 0.2) is 12.3 Å². The van der Waals surface area contributed by atoms with Crippen LogP contribution in [0.1, 0.15) is 58.2 Å². The molecule has 208 valence electrons. The molecule has 4 heterocycles. The van der Waals surface area contributed by atoms with E-state index in [4.69, 9.17) is 4.74 Å². The molecule has 2 fully saturated rings. The number of nitrogens with zero attached hydrogens (tertiary/aromatic N) is 4. The average Bonchev–Trinajstić information content (AvgIpc) is 3.14. The van der Waals surface area contributed by atoms with Gasteiger partial charge >= 0.3 is 0 Å². The van der Waals surface area contributed by atoms with Gasteiger partial charge in [0.1, 0.15) is 5.69 Å². The zero-order valence-corrected chi connectivity index (χ0v) is 22.7. The van der Waals surface area contributed by atoms with Crippen molar-refractivity contribution in [2.24, 2.45) is 0 Å². The number of morpholine rings is 1. The van der Waals surface area contributed by atoms with Crippen molar-refractivity contribution >= 4 is 11.6 Å². The monoisotopic (exact) mass is 523 g/mol. The van der Waals surface area contributed by atoms with Crippen molar-refractivity contribution in [2.75, 3.05) is 64.0 Å². The Morgan fingerprint density at radius 2 is 2.11 bits per heavy atom. The van der Waals surface area contributed by atoms with Crippen molar-refractivity contribution in [3.63, 3.8) is 0 Å². The normalized spacial score (nSPS) is 26.9. The zero-order valence-electron chi connectivity index (χ0n) is 22.7. The average molecular weight is 524 g/mol.